The first-order chi connectivity index (χ1) is 9.63. The Labute approximate surface area is 118 Å². The fraction of sp³-hybridized carbons (Fsp3) is 0. The van der Waals surface area contributed by atoms with Crippen LogP contribution in [0.25, 0.3) is 22.8 Å². The van der Waals surface area contributed by atoms with Crippen LogP contribution in [0.1, 0.15) is 0 Å². The molecule has 0 atom stereocenters. The van der Waals surface area contributed by atoms with E-state index < -0.39 is 5.82 Å². The average molecular weight is 291 g/mol. The summed E-state index contributed by atoms with van der Waals surface area (Å²) in [6, 6.07) is 10.4. The highest BCUT2D eigenvalue weighted by atomic mass is 35.5. The number of aromatic hydroxyl groups is 1. The summed E-state index contributed by atoms with van der Waals surface area (Å²) >= 11 is 5.89. The van der Waals surface area contributed by atoms with E-state index in [4.69, 9.17) is 16.1 Å². The van der Waals surface area contributed by atoms with Crippen molar-refractivity contribution >= 4 is 11.6 Å². The third kappa shape index (κ3) is 2.35. The quantitative estimate of drug-likeness (QED) is 0.777. The minimum atomic E-state index is -0.500. The molecule has 1 heterocycles. The molecule has 0 saturated heterocycles. The summed E-state index contributed by atoms with van der Waals surface area (Å²) in [5.41, 5.74) is 0.814. The normalized spacial score (nSPS) is 10.7. The summed E-state index contributed by atoms with van der Waals surface area (Å²) < 4.78 is 18.2. The van der Waals surface area contributed by atoms with Crippen LogP contribution in [-0.2, 0) is 0 Å². The van der Waals surface area contributed by atoms with Gasteiger partial charge in [-0.2, -0.15) is 4.98 Å². The number of aromatic nitrogens is 2. The maximum atomic E-state index is 13.2. The maximum Gasteiger partial charge on any atom is 0.262 e. The monoisotopic (exact) mass is 290 g/mol. The van der Waals surface area contributed by atoms with Crippen LogP contribution >= 0.6 is 11.6 Å². The second-order valence-corrected chi connectivity index (χ2v) is 4.53. The Morgan fingerprint density at radius 1 is 1.15 bits per heavy atom. The van der Waals surface area contributed by atoms with Crippen molar-refractivity contribution < 1.29 is 14.0 Å². The van der Waals surface area contributed by atoms with Crippen LogP contribution in [-0.4, -0.2) is 15.2 Å². The number of hydrogen-bond acceptors (Lipinski definition) is 4. The average Bonchev–Trinajstić information content (AvgIpc) is 2.91. The van der Waals surface area contributed by atoms with Crippen molar-refractivity contribution in [1.82, 2.24) is 10.1 Å². The lowest BCUT2D eigenvalue weighted by atomic mass is 10.2. The van der Waals surface area contributed by atoms with E-state index in [1.165, 1.54) is 6.07 Å². The Balaban J connectivity index is 2.04. The molecule has 0 saturated carbocycles. The molecule has 1 N–H and O–H groups in total. The van der Waals surface area contributed by atoms with Crippen molar-refractivity contribution in [1.29, 1.82) is 0 Å². The Bertz CT molecular complexity index is 773. The van der Waals surface area contributed by atoms with E-state index >= 15 is 0 Å². The van der Waals surface area contributed by atoms with Gasteiger partial charge in [0.15, 0.2) is 0 Å². The molecule has 0 aliphatic carbocycles. The smallest absolute Gasteiger partial charge is 0.262 e. The fourth-order valence-corrected chi connectivity index (χ4v) is 1.95. The van der Waals surface area contributed by atoms with E-state index in [9.17, 15) is 9.50 Å². The molecule has 4 nitrogen and oxygen atoms in total. The first kappa shape index (κ1) is 12.6. The number of hydrogen-bond donors (Lipinski definition) is 1. The number of phenolic OH excluding ortho intramolecular Hbond substituents is 1. The Morgan fingerprint density at radius 2 is 2.00 bits per heavy atom. The van der Waals surface area contributed by atoms with Crippen LogP contribution in [0.4, 0.5) is 4.39 Å². The van der Waals surface area contributed by atoms with Crippen LogP contribution in [0.15, 0.2) is 47.0 Å². The second-order valence-electron chi connectivity index (χ2n) is 4.09. The lowest BCUT2D eigenvalue weighted by molar-refractivity contribution is 0.425. The summed E-state index contributed by atoms with van der Waals surface area (Å²) in [6.45, 7) is 0. The second kappa shape index (κ2) is 4.94. The molecule has 0 spiro atoms. The van der Waals surface area contributed by atoms with Crippen LogP contribution in [0.5, 0.6) is 5.75 Å². The molecule has 0 aliphatic heterocycles. The Morgan fingerprint density at radius 3 is 2.80 bits per heavy atom. The number of halogens is 2. The predicted octanol–water partition coefficient (Wildman–Crippen LogP) is 3.90. The van der Waals surface area contributed by atoms with Gasteiger partial charge in [-0.3, -0.25) is 0 Å². The number of phenols is 1. The van der Waals surface area contributed by atoms with Crippen LogP contribution in [0.2, 0.25) is 5.02 Å². The van der Waals surface area contributed by atoms with Gasteiger partial charge in [-0.1, -0.05) is 28.9 Å². The van der Waals surface area contributed by atoms with E-state index in [0.717, 1.165) is 12.1 Å². The summed E-state index contributed by atoms with van der Waals surface area (Å²) in [5, 5.41) is 14.0. The van der Waals surface area contributed by atoms with Crippen LogP contribution in [0.3, 0.4) is 0 Å². The van der Waals surface area contributed by atoms with Gasteiger partial charge in [0.2, 0.25) is 5.82 Å². The van der Waals surface area contributed by atoms with Crippen LogP contribution < -0.4 is 0 Å². The van der Waals surface area contributed by atoms with Crippen molar-refractivity contribution in [3.05, 3.63) is 53.3 Å². The summed E-state index contributed by atoms with van der Waals surface area (Å²) in [7, 11) is 0. The topological polar surface area (TPSA) is 59.2 Å². The van der Waals surface area contributed by atoms with E-state index in [1.54, 1.807) is 24.3 Å². The molecule has 0 aliphatic rings. The zero-order chi connectivity index (χ0) is 14.1. The molecule has 100 valence electrons. The van der Waals surface area contributed by atoms with Crippen LogP contribution in [0, 0.1) is 5.82 Å². The number of nitrogens with zero attached hydrogens (tertiary/aromatic N) is 2. The van der Waals surface area contributed by atoms with Gasteiger partial charge >= 0.3 is 0 Å². The molecule has 3 rings (SSSR count). The molecule has 0 radical (unpaired) electrons. The third-order valence-corrected chi connectivity index (χ3v) is 2.93. The van der Waals surface area contributed by atoms with Gasteiger partial charge in [0.05, 0.1) is 5.56 Å². The lowest BCUT2D eigenvalue weighted by Crippen LogP contribution is -1.83. The predicted molar refractivity (Wildman–Crippen MR) is 71.8 cm³/mol. The summed E-state index contributed by atoms with van der Waals surface area (Å²) in [6.07, 6.45) is 0. The Kier molecular flexibility index (Phi) is 3.12. The molecule has 20 heavy (non-hydrogen) atoms. The minimum absolute atomic E-state index is 0.0389. The molecular weight excluding hydrogens is 283 g/mol. The van der Waals surface area contributed by atoms with Crippen molar-refractivity contribution in [2.75, 3.05) is 0 Å². The third-order valence-electron chi connectivity index (χ3n) is 2.70. The van der Waals surface area contributed by atoms with Gasteiger partial charge in [0, 0.05) is 10.6 Å². The van der Waals surface area contributed by atoms with Crippen molar-refractivity contribution in [3.8, 4) is 28.6 Å². The van der Waals surface area contributed by atoms with Gasteiger partial charge in [-0.15, -0.1) is 0 Å². The SMILES string of the molecule is Oc1ccc(F)cc1-c1nc(-c2cccc(Cl)c2)no1. The van der Waals surface area contributed by atoms with Gasteiger partial charge in [-0.05, 0) is 30.3 Å². The largest absolute Gasteiger partial charge is 0.507 e. The first-order valence-corrected chi connectivity index (χ1v) is 6.10. The molecular formula is C14H8ClFN2O2. The van der Waals surface area contributed by atoms with E-state index in [1.807, 2.05) is 0 Å². The maximum absolute atomic E-state index is 13.2. The Hall–Kier alpha value is -2.40. The highest BCUT2D eigenvalue weighted by molar-refractivity contribution is 6.30. The molecule has 2 aromatic carbocycles. The number of rotatable bonds is 2. The molecule has 3 aromatic rings. The molecule has 0 amide bonds. The molecule has 6 heteroatoms. The zero-order valence-corrected chi connectivity index (χ0v) is 10.8. The molecule has 1 aromatic heterocycles. The summed E-state index contributed by atoms with van der Waals surface area (Å²) in [5.74, 6) is -0.281. The zero-order valence-electron chi connectivity index (χ0n) is 10.0. The first-order valence-electron chi connectivity index (χ1n) is 5.72. The van der Waals surface area contributed by atoms with Crippen molar-refractivity contribution in [2.24, 2.45) is 0 Å². The van der Waals surface area contributed by atoms with Gasteiger partial charge in [-0.25, -0.2) is 4.39 Å². The lowest BCUT2D eigenvalue weighted by Gasteiger charge is -1.98. The summed E-state index contributed by atoms with van der Waals surface area (Å²) in [4.78, 5) is 4.13. The van der Waals surface area contributed by atoms with E-state index in [2.05, 4.69) is 10.1 Å². The molecule has 0 unspecified atom stereocenters. The fourth-order valence-electron chi connectivity index (χ4n) is 1.76. The minimum Gasteiger partial charge on any atom is -0.507 e. The standard InChI is InChI=1S/C14H8ClFN2O2/c15-9-3-1-2-8(6-9)13-17-14(20-18-13)11-7-10(16)4-5-12(11)19/h1-7,19H. The van der Waals surface area contributed by atoms with E-state index in [-0.39, 0.29) is 17.2 Å². The number of benzene rings is 2. The van der Waals surface area contributed by atoms with E-state index in [0.29, 0.717) is 16.4 Å². The van der Waals surface area contributed by atoms with Crippen molar-refractivity contribution in [2.45, 2.75) is 0 Å². The van der Waals surface area contributed by atoms with Crippen molar-refractivity contribution in [3.63, 3.8) is 0 Å². The molecule has 0 bridgehead atoms. The van der Waals surface area contributed by atoms with Gasteiger partial charge in [0.1, 0.15) is 11.6 Å². The highest BCUT2D eigenvalue weighted by Crippen LogP contribution is 2.30. The van der Waals surface area contributed by atoms with Gasteiger partial charge < -0.3 is 9.63 Å². The highest BCUT2D eigenvalue weighted by Gasteiger charge is 2.15. The molecule has 0 fully saturated rings. The van der Waals surface area contributed by atoms with Gasteiger partial charge in [0.25, 0.3) is 5.89 Å².